The average Bonchev–Trinajstić information content (AvgIpc) is 2.69. The van der Waals surface area contributed by atoms with Crippen molar-refractivity contribution < 1.29 is 19.4 Å². The summed E-state index contributed by atoms with van der Waals surface area (Å²) in [6.07, 6.45) is 5.27. The van der Waals surface area contributed by atoms with E-state index >= 15 is 0 Å². The number of rotatable bonds is 3. The van der Waals surface area contributed by atoms with Crippen molar-refractivity contribution in [2.24, 2.45) is 0 Å². The van der Waals surface area contributed by atoms with E-state index in [0.29, 0.717) is 5.69 Å². The van der Waals surface area contributed by atoms with Crippen LogP contribution in [0.4, 0.5) is 5.69 Å². The monoisotopic (exact) mass is 285 g/mol. The summed E-state index contributed by atoms with van der Waals surface area (Å²) in [5, 5.41) is 10.8. The van der Waals surface area contributed by atoms with Gasteiger partial charge < -0.3 is 9.84 Å². The highest BCUT2D eigenvalue weighted by Gasteiger charge is 2.53. The maximum absolute atomic E-state index is 12.6. The summed E-state index contributed by atoms with van der Waals surface area (Å²) in [6.45, 7) is 5.34. The molecule has 0 aliphatic carbocycles. The number of nitrogens with zero attached hydrogens (tertiary/aromatic N) is 1. The van der Waals surface area contributed by atoms with E-state index in [9.17, 15) is 14.7 Å². The average molecular weight is 285 g/mol. The number of aliphatic hydroxyl groups is 1. The fourth-order valence-corrected chi connectivity index (χ4v) is 2.41. The van der Waals surface area contributed by atoms with Gasteiger partial charge in [-0.3, -0.25) is 9.69 Å². The van der Waals surface area contributed by atoms with Crippen LogP contribution in [0.3, 0.4) is 0 Å². The minimum absolute atomic E-state index is 0.00828. The number of terminal acetylenes is 1. The Morgan fingerprint density at radius 2 is 2.24 bits per heavy atom. The molecule has 1 aliphatic heterocycles. The summed E-state index contributed by atoms with van der Waals surface area (Å²) in [5.41, 5.74) is -0.888. The van der Waals surface area contributed by atoms with Crippen LogP contribution < -0.4 is 4.90 Å². The third kappa shape index (κ3) is 2.01. The first kappa shape index (κ1) is 14.8. The highest BCUT2D eigenvalue weighted by atomic mass is 16.5. The highest BCUT2D eigenvalue weighted by molar-refractivity contribution is 6.14. The van der Waals surface area contributed by atoms with Crippen LogP contribution in [0.2, 0.25) is 0 Å². The van der Waals surface area contributed by atoms with Crippen LogP contribution >= 0.6 is 0 Å². The second-order valence-electron chi connectivity index (χ2n) is 4.80. The third-order valence-electron chi connectivity index (χ3n) is 3.51. The van der Waals surface area contributed by atoms with Crippen LogP contribution in [0.5, 0.6) is 0 Å². The number of carbonyl (C=O) groups excluding carboxylic acids is 2. The zero-order chi connectivity index (χ0) is 15.8. The number of aryl methyl sites for hydroxylation is 1. The molecule has 1 N–H and O–H groups in total. The van der Waals surface area contributed by atoms with Crippen molar-refractivity contribution in [1.29, 1.82) is 0 Å². The largest absolute Gasteiger partial charge is 0.466 e. The maximum Gasteiger partial charge on any atom is 0.336 e. The summed E-state index contributed by atoms with van der Waals surface area (Å²) < 4.78 is 4.57. The van der Waals surface area contributed by atoms with Gasteiger partial charge in [0.25, 0.3) is 5.91 Å². The number of hydrogen-bond acceptors (Lipinski definition) is 4. The minimum Gasteiger partial charge on any atom is -0.466 e. The van der Waals surface area contributed by atoms with Gasteiger partial charge >= 0.3 is 5.97 Å². The molecule has 2 rings (SSSR count). The number of methoxy groups -OCH3 is 1. The lowest BCUT2D eigenvalue weighted by Crippen LogP contribution is -2.43. The second-order valence-corrected chi connectivity index (χ2v) is 4.80. The van der Waals surface area contributed by atoms with Gasteiger partial charge in [0.05, 0.1) is 24.9 Å². The molecule has 21 heavy (non-hydrogen) atoms. The molecule has 1 aliphatic rings. The molecule has 0 bridgehead atoms. The molecule has 0 radical (unpaired) electrons. The van der Waals surface area contributed by atoms with Crippen LogP contribution in [-0.2, 0) is 19.9 Å². The Morgan fingerprint density at radius 3 is 2.81 bits per heavy atom. The van der Waals surface area contributed by atoms with Crippen molar-refractivity contribution in [3.63, 3.8) is 0 Å². The van der Waals surface area contributed by atoms with Crippen molar-refractivity contribution in [2.45, 2.75) is 12.5 Å². The van der Waals surface area contributed by atoms with E-state index in [4.69, 9.17) is 6.42 Å². The Balaban J connectivity index is 2.66. The standard InChI is InChI=1S/C16H15NO4/c1-5-8-17-13-7-6-10(2)9-12(13)16(20,15(17)19)11(3)14(18)21-4/h1,6-7,9,20H,3,8H2,2,4H3. The van der Waals surface area contributed by atoms with Gasteiger partial charge in [-0.15, -0.1) is 6.42 Å². The van der Waals surface area contributed by atoms with E-state index in [1.807, 2.05) is 6.92 Å². The summed E-state index contributed by atoms with van der Waals surface area (Å²) in [4.78, 5) is 25.5. The molecule has 5 nitrogen and oxygen atoms in total. The van der Waals surface area contributed by atoms with E-state index in [0.717, 1.165) is 12.7 Å². The minimum atomic E-state index is -2.15. The first-order valence-corrected chi connectivity index (χ1v) is 6.24. The molecule has 108 valence electrons. The van der Waals surface area contributed by atoms with Gasteiger partial charge in [-0.2, -0.15) is 0 Å². The summed E-state index contributed by atoms with van der Waals surface area (Å²) in [6, 6.07) is 5.11. The Hall–Kier alpha value is -2.58. The number of ether oxygens (including phenoxy) is 1. The number of fused-ring (bicyclic) bond motifs is 1. The van der Waals surface area contributed by atoms with Gasteiger partial charge in [0.15, 0.2) is 0 Å². The second kappa shape index (κ2) is 5.08. The maximum atomic E-state index is 12.6. The Kier molecular flexibility index (Phi) is 3.58. The summed E-state index contributed by atoms with van der Waals surface area (Å²) >= 11 is 0. The molecular formula is C16H15NO4. The lowest BCUT2D eigenvalue weighted by atomic mass is 9.87. The number of esters is 1. The number of carbonyl (C=O) groups is 2. The van der Waals surface area contributed by atoms with Gasteiger partial charge in [-0.1, -0.05) is 30.2 Å². The Bertz CT molecular complexity index is 686. The number of benzene rings is 1. The quantitative estimate of drug-likeness (QED) is 0.509. The molecule has 1 amide bonds. The predicted octanol–water partition coefficient (Wildman–Crippen LogP) is 0.892. The van der Waals surface area contributed by atoms with E-state index in [1.165, 1.54) is 4.90 Å². The van der Waals surface area contributed by atoms with Crippen molar-refractivity contribution in [2.75, 3.05) is 18.6 Å². The molecule has 0 spiro atoms. The molecular weight excluding hydrogens is 270 g/mol. The van der Waals surface area contributed by atoms with Gasteiger partial charge in [-0.05, 0) is 13.0 Å². The van der Waals surface area contributed by atoms with E-state index < -0.39 is 17.5 Å². The number of amides is 1. The van der Waals surface area contributed by atoms with E-state index in [1.54, 1.807) is 18.2 Å². The molecule has 1 aromatic rings. The first-order chi connectivity index (χ1) is 9.87. The molecule has 1 heterocycles. The van der Waals surface area contributed by atoms with Crippen molar-refractivity contribution in [1.82, 2.24) is 0 Å². The number of anilines is 1. The molecule has 1 aromatic carbocycles. The van der Waals surface area contributed by atoms with Gasteiger partial charge in [0, 0.05) is 5.56 Å². The molecule has 0 saturated carbocycles. The smallest absolute Gasteiger partial charge is 0.336 e. The molecule has 1 unspecified atom stereocenters. The van der Waals surface area contributed by atoms with Gasteiger partial charge in [0.2, 0.25) is 5.60 Å². The third-order valence-corrected chi connectivity index (χ3v) is 3.51. The lowest BCUT2D eigenvalue weighted by molar-refractivity contribution is -0.144. The van der Waals surface area contributed by atoms with Gasteiger partial charge in [0.1, 0.15) is 0 Å². The van der Waals surface area contributed by atoms with Gasteiger partial charge in [-0.25, -0.2) is 4.79 Å². The van der Waals surface area contributed by atoms with Crippen LogP contribution in [0.1, 0.15) is 11.1 Å². The SMILES string of the molecule is C#CCN1C(=O)C(O)(C(=C)C(=O)OC)c2cc(C)ccc21. The van der Waals surface area contributed by atoms with Crippen molar-refractivity contribution in [3.8, 4) is 12.3 Å². The van der Waals surface area contributed by atoms with Crippen molar-refractivity contribution >= 4 is 17.6 Å². The number of hydrogen-bond donors (Lipinski definition) is 1. The van der Waals surface area contributed by atoms with E-state index in [2.05, 4.69) is 17.2 Å². The fraction of sp³-hybridized carbons (Fsp3) is 0.250. The van der Waals surface area contributed by atoms with Crippen LogP contribution in [0.25, 0.3) is 0 Å². The zero-order valence-corrected chi connectivity index (χ0v) is 11.8. The zero-order valence-electron chi connectivity index (χ0n) is 11.8. The fourth-order valence-electron chi connectivity index (χ4n) is 2.41. The van der Waals surface area contributed by atoms with Crippen molar-refractivity contribution in [3.05, 3.63) is 41.5 Å². The van der Waals surface area contributed by atoms with Crippen LogP contribution in [0, 0.1) is 19.3 Å². The summed E-state index contributed by atoms with van der Waals surface area (Å²) in [5.74, 6) is 0.819. The molecule has 0 saturated heterocycles. The van der Waals surface area contributed by atoms with Crippen LogP contribution in [0.15, 0.2) is 30.4 Å². The Morgan fingerprint density at radius 1 is 1.57 bits per heavy atom. The predicted molar refractivity (Wildman–Crippen MR) is 77.4 cm³/mol. The van der Waals surface area contributed by atoms with E-state index in [-0.39, 0.29) is 17.7 Å². The summed E-state index contributed by atoms with van der Waals surface area (Å²) in [7, 11) is 1.16. The molecule has 0 aromatic heterocycles. The Labute approximate surface area is 122 Å². The molecule has 5 heteroatoms. The topological polar surface area (TPSA) is 66.8 Å². The highest BCUT2D eigenvalue weighted by Crippen LogP contribution is 2.44. The first-order valence-electron chi connectivity index (χ1n) is 6.24. The van der Waals surface area contributed by atoms with Crippen LogP contribution in [-0.4, -0.2) is 30.6 Å². The lowest BCUT2D eigenvalue weighted by Gasteiger charge is -2.23. The molecule has 1 atom stereocenters. The molecule has 0 fully saturated rings. The normalized spacial score (nSPS) is 19.9.